The largest absolute Gasteiger partial charge is 3.00 e. The van der Waals surface area contributed by atoms with Crippen LogP contribution in [0.25, 0.3) is 0 Å². The summed E-state index contributed by atoms with van der Waals surface area (Å²) in [7, 11) is 0. The molecule has 0 heterocycles. The van der Waals surface area contributed by atoms with Gasteiger partial charge in [0.25, 0.3) is 0 Å². The summed E-state index contributed by atoms with van der Waals surface area (Å²) < 4.78 is 0. The van der Waals surface area contributed by atoms with Gasteiger partial charge in [0.1, 0.15) is 0 Å². The Balaban J connectivity index is -0.0000000369. The van der Waals surface area contributed by atoms with E-state index in [1.165, 1.54) is 0 Å². The number of rotatable bonds is 0. The summed E-state index contributed by atoms with van der Waals surface area (Å²) in [6.07, 6.45) is 0. The normalized spacial score (nSPS) is 5.65. The van der Waals surface area contributed by atoms with E-state index in [0.29, 0.717) is 0 Å². The van der Waals surface area contributed by atoms with Crippen molar-refractivity contribution in [1.82, 2.24) is 0 Å². The average molecular weight is 318 g/mol. The van der Waals surface area contributed by atoms with Gasteiger partial charge >= 0.3 is 17.1 Å². The van der Waals surface area contributed by atoms with Gasteiger partial charge in [-0.2, -0.15) is 0 Å². The predicted molar refractivity (Wildman–Crippen MR) is 52.1 cm³/mol. The minimum Gasteiger partial charge on any atom is -0.377 e. The summed E-state index contributed by atoms with van der Waals surface area (Å²) in [5.74, 6) is 0. The second-order valence-electron chi connectivity index (χ2n) is 1.07. The number of thiocarbonyl (C=S) groups is 1. The molecule has 0 aromatic carbocycles. The van der Waals surface area contributed by atoms with Crippen molar-refractivity contribution in [3.05, 3.63) is 46.0 Å². The standard InChI is InChI=1S/CH4N2S.Fe.3NO3/c2-1(3)4;;3*2-1(3)4/h(H4,2,3,4);;;;/q;+3;3*-1. The summed E-state index contributed by atoms with van der Waals surface area (Å²) in [6, 6.07) is 0. The number of hydrogen-bond donors (Lipinski definition) is 2. The smallest absolute Gasteiger partial charge is 0.377 e. The minimum absolute atomic E-state index is 0. The van der Waals surface area contributed by atoms with Crippen LogP contribution in [-0.4, -0.2) is 20.4 Å². The summed E-state index contributed by atoms with van der Waals surface area (Å²) in [5, 5.41) is 44.2. The summed E-state index contributed by atoms with van der Waals surface area (Å²) in [6.45, 7) is 0. The number of nitrogens with two attached hydrogens (primary N) is 2. The SMILES string of the molecule is NC(N)=S.O=[N+]([O-])[O-].O=[N+]([O-])[O-].O=[N+]([O-])[O-].[Fe+3]. The van der Waals surface area contributed by atoms with Crippen molar-refractivity contribution in [2.45, 2.75) is 0 Å². The first-order valence-corrected chi connectivity index (χ1v) is 2.83. The van der Waals surface area contributed by atoms with Crippen LogP contribution in [0.2, 0.25) is 0 Å². The molecule has 14 nitrogen and oxygen atoms in total. The van der Waals surface area contributed by atoms with Gasteiger partial charge in [0.05, 0.1) is 15.3 Å². The molecule has 4 N–H and O–H groups in total. The zero-order valence-electron chi connectivity index (χ0n) is 7.43. The quantitative estimate of drug-likeness (QED) is 0.223. The second-order valence-corrected chi connectivity index (χ2v) is 1.54. The van der Waals surface area contributed by atoms with Gasteiger partial charge in [0.15, 0.2) is 5.11 Å². The minimum atomic E-state index is -1.75. The topological polar surface area (TPSA) is 251 Å². The maximum Gasteiger partial charge on any atom is 3.00 e. The van der Waals surface area contributed by atoms with E-state index in [4.69, 9.17) is 46.0 Å². The zero-order valence-corrected chi connectivity index (χ0v) is 9.35. The Morgan fingerprint density at radius 1 is 0.765 bits per heavy atom. The third-order valence-electron chi connectivity index (χ3n) is 0. The van der Waals surface area contributed by atoms with Crippen LogP contribution < -0.4 is 11.5 Å². The van der Waals surface area contributed by atoms with Crippen LogP contribution in [-0.2, 0) is 17.1 Å². The Labute approximate surface area is 108 Å². The van der Waals surface area contributed by atoms with Gasteiger partial charge < -0.3 is 57.4 Å². The number of hydrogen-bond acceptors (Lipinski definition) is 10. The molecule has 0 bridgehead atoms. The Morgan fingerprint density at radius 3 is 0.765 bits per heavy atom. The molecule has 0 aliphatic heterocycles. The third kappa shape index (κ3) is 401. The first kappa shape index (κ1) is 29.3. The average Bonchev–Trinajstić information content (AvgIpc) is 1.76. The van der Waals surface area contributed by atoms with E-state index in [1.54, 1.807) is 0 Å². The maximum atomic E-state index is 8.25. The van der Waals surface area contributed by atoms with Crippen molar-refractivity contribution in [1.29, 1.82) is 0 Å². The molecule has 17 heavy (non-hydrogen) atoms. The molecule has 0 fully saturated rings. The first-order chi connectivity index (χ1) is 6.93. The van der Waals surface area contributed by atoms with Crippen LogP contribution in [0.15, 0.2) is 0 Å². The van der Waals surface area contributed by atoms with Crippen molar-refractivity contribution in [2.24, 2.45) is 11.5 Å². The van der Waals surface area contributed by atoms with Gasteiger partial charge in [-0.3, -0.25) is 0 Å². The Kier molecular flexibility index (Phi) is 40.7. The molecule has 0 saturated carbocycles. The van der Waals surface area contributed by atoms with E-state index in [2.05, 4.69) is 23.7 Å². The summed E-state index contributed by atoms with van der Waals surface area (Å²) in [4.78, 5) is 24.8. The molecule has 0 spiro atoms. The van der Waals surface area contributed by atoms with Gasteiger partial charge in [-0.1, -0.05) is 0 Å². The molecule has 0 saturated heterocycles. The molecular formula is CH4FeN5O9S. The van der Waals surface area contributed by atoms with E-state index >= 15 is 0 Å². The first-order valence-electron chi connectivity index (χ1n) is 2.42. The summed E-state index contributed by atoms with van der Waals surface area (Å²) >= 11 is 4.09. The molecule has 101 valence electrons. The van der Waals surface area contributed by atoms with E-state index in [1.807, 2.05) is 0 Å². The van der Waals surface area contributed by atoms with Gasteiger partial charge in [-0.05, 0) is 12.2 Å². The Hall–Kier alpha value is -2.19. The van der Waals surface area contributed by atoms with Crippen LogP contribution in [0.1, 0.15) is 0 Å². The molecule has 0 unspecified atom stereocenters. The van der Waals surface area contributed by atoms with Crippen molar-refractivity contribution in [3.8, 4) is 0 Å². The van der Waals surface area contributed by atoms with Crippen LogP contribution in [0.5, 0.6) is 0 Å². The van der Waals surface area contributed by atoms with E-state index in [0.717, 1.165) is 0 Å². The molecule has 0 amide bonds. The molecule has 0 aliphatic carbocycles. The molecule has 0 aromatic heterocycles. The van der Waals surface area contributed by atoms with E-state index in [9.17, 15) is 0 Å². The van der Waals surface area contributed by atoms with Crippen molar-refractivity contribution in [2.75, 3.05) is 0 Å². The van der Waals surface area contributed by atoms with E-state index in [-0.39, 0.29) is 22.2 Å². The van der Waals surface area contributed by atoms with Crippen LogP contribution in [0.3, 0.4) is 0 Å². The fraction of sp³-hybridized carbons (Fsp3) is 0. The predicted octanol–water partition coefficient (Wildman–Crippen LogP) is -1.53. The fourth-order valence-corrected chi connectivity index (χ4v) is 0. The molecule has 1 radical (unpaired) electrons. The molecule has 0 rings (SSSR count). The van der Waals surface area contributed by atoms with Crippen LogP contribution in [0.4, 0.5) is 0 Å². The second kappa shape index (κ2) is 23.5. The molecule has 0 aromatic rings. The fourth-order valence-electron chi connectivity index (χ4n) is 0. The molecular weight excluding hydrogens is 314 g/mol. The Bertz CT molecular complexity index is 169. The van der Waals surface area contributed by atoms with Gasteiger partial charge in [-0.25, -0.2) is 0 Å². The van der Waals surface area contributed by atoms with Crippen molar-refractivity contribution in [3.63, 3.8) is 0 Å². The van der Waals surface area contributed by atoms with Crippen molar-refractivity contribution < 1.29 is 32.3 Å². The van der Waals surface area contributed by atoms with Crippen LogP contribution in [0, 0.1) is 46.0 Å². The van der Waals surface area contributed by atoms with E-state index < -0.39 is 15.3 Å². The molecule has 16 heteroatoms. The van der Waals surface area contributed by atoms with Crippen molar-refractivity contribution >= 4 is 17.3 Å². The van der Waals surface area contributed by atoms with Crippen LogP contribution >= 0.6 is 12.2 Å². The zero-order chi connectivity index (χ0) is 14.3. The molecule has 0 atom stereocenters. The van der Waals surface area contributed by atoms with Gasteiger partial charge in [0, 0.05) is 0 Å². The van der Waals surface area contributed by atoms with Gasteiger partial charge in [-0.15, -0.1) is 0 Å². The van der Waals surface area contributed by atoms with Gasteiger partial charge in [0.2, 0.25) is 0 Å². The monoisotopic (exact) mass is 318 g/mol. The number of nitrogens with zero attached hydrogens (tertiary/aromatic N) is 3. The molecule has 0 aliphatic rings. The Morgan fingerprint density at radius 2 is 0.765 bits per heavy atom. The summed E-state index contributed by atoms with van der Waals surface area (Å²) in [5.41, 5.74) is 9.24. The third-order valence-corrected chi connectivity index (χ3v) is 0. The maximum absolute atomic E-state index is 8.25.